The minimum absolute atomic E-state index is 0.00984. The van der Waals surface area contributed by atoms with Crippen LogP contribution >= 0.6 is 0 Å². The number of hydrogen-bond acceptors (Lipinski definition) is 3. The van der Waals surface area contributed by atoms with E-state index in [-0.39, 0.29) is 24.3 Å². The molecule has 5 heteroatoms. The molecule has 2 amide bonds. The third-order valence-electron chi connectivity index (χ3n) is 3.75. The number of fused-ring (bicyclic) bond motifs is 1. The van der Waals surface area contributed by atoms with E-state index in [4.69, 9.17) is 4.74 Å². The van der Waals surface area contributed by atoms with Crippen LogP contribution in [-0.2, 0) is 27.3 Å². The first-order valence-electron chi connectivity index (χ1n) is 7.79. The molecule has 22 heavy (non-hydrogen) atoms. The van der Waals surface area contributed by atoms with Crippen LogP contribution in [0.1, 0.15) is 31.9 Å². The number of rotatable bonds is 5. The number of nitrogens with one attached hydrogen (secondary N) is 1. The zero-order chi connectivity index (χ0) is 16.1. The van der Waals surface area contributed by atoms with Crippen molar-refractivity contribution in [2.45, 2.75) is 33.7 Å². The third kappa shape index (κ3) is 4.07. The predicted octanol–water partition coefficient (Wildman–Crippen LogP) is 2.20. The monoisotopic (exact) mass is 304 g/mol. The molecule has 1 aromatic carbocycles. The topological polar surface area (TPSA) is 58.6 Å². The molecule has 0 spiro atoms. The van der Waals surface area contributed by atoms with Crippen LogP contribution in [0.25, 0.3) is 0 Å². The largest absolute Gasteiger partial charge is 0.372 e. The van der Waals surface area contributed by atoms with Crippen LogP contribution in [0.15, 0.2) is 18.2 Å². The lowest BCUT2D eigenvalue weighted by Gasteiger charge is -2.30. The second-order valence-electron chi connectivity index (χ2n) is 5.83. The molecule has 1 aliphatic rings. The maximum absolute atomic E-state index is 12.1. The Morgan fingerprint density at radius 1 is 1.32 bits per heavy atom. The fourth-order valence-corrected chi connectivity index (χ4v) is 2.58. The highest BCUT2D eigenvalue weighted by Crippen LogP contribution is 2.23. The highest BCUT2D eigenvalue weighted by Gasteiger charge is 2.22. The summed E-state index contributed by atoms with van der Waals surface area (Å²) in [7, 11) is 0. The van der Waals surface area contributed by atoms with Gasteiger partial charge in [-0.1, -0.05) is 19.9 Å². The molecule has 2 rings (SSSR count). The number of ether oxygens (including phenoxy) is 1. The summed E-state index contributed by atoms with van der Waals surface area (Å²) < 4.78 is 5.09. The van der Waals surface area contributed by atoms with Crippen molar-refractivity contribution in [3.8, 4) is 0 Å². The Morgan fingerprint density at radius 3 is 2.77 bits per heavy atom. The molecule has 0 atom stereocenters. The molecule has 5 nitrogen and oxygen atoms in total. The Morgan fingerprint density at radius 2 is 2.09 bits per heavy atom. The van der Waals surface area contributed by atoms with Crippen molar-refractivity contribution in [3.05, 3.63) is 29.3 Å². The number of nitrogens with zero attached hydrogens (tertiary/aromatic N) is 1. The zero-order valence-corrected chi connectivity index (χ0v) is 13.5. The van der Waals surface area contributed by atoms with Gasteiger partial charge in [0, 0.05) is 31.3 Å². The fraction of sp³-hybridized carbons (Fsp3) is 0.529. The average molecular weight is 304 g/mol. The molecule has 0 aromatic heterocycles. The van der Waals surface area contributed by atoms with Gasteiger partial charge in [-0.2, -0.15) is 0 Å². The number of carbonyl (C=O) groups is 2. The highest BCUT2D eigenvalue weighted by molar-refractivity contribution is 5.91. The quantitative estimate of drug-likeness (QED) is 0.907. The fourth-order valence-electron chi connectivity index (χ4n) is 2.58. The molecule has 0 radical (unpaired) electrons. The van der Waals surface area contributed by atoms with E-state index >= 15 is 0 Å². The summed E-state index contributed by atoms with van der Waals surface area (Å²) in [4.78, 5) is 25.7. The van der Waals surface area contributed by atoms with Gasteiger partial charge >= 0.3 is 0 Å². The molecule has 1 aromatic rings. The normalized spacial score (nSPS) is 13.9. The van der Waals surface area contributed by atoms with Gasteiger partial charge in [-0.3, -0.25) is 9.59 Å². The number of hydrogen-bond donors (Lipinski definition) is 1. The molecule has 0 fully saturated rings. The van der Waals surface area contributed by atoms with Crippen LogP contribution in [0.4, 0.5) is 5.69 Å². The molecule has 0 unspecified atom stereocenters. The standard InChI is InChI=1S/C17H24N2O3/c1-4-22-11-16(20)18-15-6-5-13-7-8-19(10-14(13)9-15)17(21)12(2)3/h5-6,9,12H,4,7-8,10-11H2,1-3H3,(H,18,20). The summed E-state index contributed by atoms with van der Waals surface area (Å²) in [5.74, 6) is 0.0276. The van der Waals surface area contributed by atoms with Crippen molar-refractivity contribution < 1.29 is 14.3 Å². The molecular formula is C17H24N2O3. The number of carbonyl (C=O) groups excluding carboxylic acids is 2. The van der Waals surface area contributed by atoms with Gasteiger partial charge in [-0.15, -0.1) is 0 Å². The van der Waals surface area contributed by atoms with Crippen molar-refractivity contribution in [1.82, 2.24) is 4.90 Å². The van der Waals surface area contributed by atoms with Gasteiger partial charge in [-0.05, 0) is 36.6 Å². The number of amides is 2. The molecule has 1 aliphatic heterocycles. The maximum Gasteiger partial charge on any atom is 0.250 e. The lowest BCUT2D eigenvalue weighted by molar-refractivity contribution is -0.135. The number of anilines is 1. The van der Waals surface area contributed by atoms with Crippen molar-refractivity contribution in [2.75, 3.05) is 25.1 Å². The first-order valence-corrected chi connectivity index (χ1v) is 7.79. The Kier molecular flexibility index (Phi) is 5.55. The van der Waals surface area contributed by atoms with Crippen LogP contribution in [0, 0.1) is 5.92 Å². The Bertz CT molecular complexity index is 555. The van der Waals surface area contributed by atoms with E-state index in [0.29, 0.717) is 13.2 Å². The second kappa shape index (κ2) is 7.40. The van der Waals surface area contributed by atoms with Crippen molar-refractivity contribution >= 4 is 17.5 Å². The van der Waals surface area contributed by atoms with Crippen LogP contribution in [-0.4, -0.2) is 36.5 Å². The van der Waals surface area contributed by atoms with Crippen LogP contribution in [0.3, 0.4) is 0 Å². The molecule has 0 saturated carbocycles. The van der Waals surface area contributed by atoms with Gasteiger partial charge in [0.2, 0.25) is 11.8 Å². The van der Waals surface area contributed by atoms with Gasteiger partial charge in [-0.25, -0.2) is 0 Å². The third-order valence-corrected chi connectivity index (χ3v) is 3.75. The average Bonchev–Trinajstić information content (AvgIpc) is 2.51. The molecule has 1 heterocycles. The predicted molar refractivity (Wildman–Crippen MR) is 85.5 cm³/mol. The maximum atomic E-state index is 12.1. The Labute approximate surface area is 131 Å². The zero-order valence-electron chi connectivity index (χ0n) is 13.5. The SMILES string of the molecule is CCOCC(=O)Nc1ccc2c(c1)CN(C(=O)C(C)C)CC2. The lowest BCUT2D eigenvalue weighted by atomic mass is 9.98. The van der Waals surface area contributed by atoms with Crippen molar-refractivity contribution in [2.24, 2.45) is 5.92 Å². The Hall–Kier alpha value is -1.88. The summed E-state index contributed by atoms with van der Waals surface area (Å²) in [5, 5.41) is 2.83. The summed E-state index contributed by atoms with van der Waals surface area (Å²) in [6.45, 7) is 7.65. The molecular weight excluding hydrogens is 280 g/mol. The summed E-state index contributed by atoms with van der Waals surface area (Å²) in [5.41, 5.74) is 3.10. The van der Waals surface area contributed by atoms with Gasteiger partial charge in [0.05, 0.1) is 0 Å². The van der Waals surface area contributed by atoms with Gasteiger partial charge in [0.15, 0.2) is 0 Å². The highest BCUT2D eigenvalue weighted by atomic mass is 16.5. The smallest absolute Gasteiger partial charge is 0.250 e. The first kappa shape index (κ1) is 16.5. The number of benzene rings is 1. The minimum atomic E-state index is -0.160. The summed E-state index contributed by atoms with van der Waals surface area (Å²) >= 11 is 0. The van der Waals surface area contributed by atoms with Crippen molar-refractivity contribution in [3.63, 3.8) is 0 Å². The van der Waals surface area contributed by atoms with Crippen LogP contribution in [0.5, 0.6) is 0 Å². The first-order chi connectivity index (χ1) is 10.5. The Balaban J connectivity index is 2.05. The molecule has 1 N–H and O–H groups in total. The van der Waals surface area contributed by atoms with Gasteiger partial charge < -0.3 is 15.0 Å². The van der Waals surface area contributed by atoms with Gasteiger partial charge in [0.1, 0.15) is 6.61 Å². The molecule has 120 valence electrons. The molecule has 0 bridgehead atoms. The van der Waals surface area contributed by atoms with Gasteiger partial charge in [0.25, 0.3) is 0 Å². The van der Waals surface area contributed by atoms with Crippen molar-refractivity contribution in [1.29, 1.82) is 0 Å². The molecule has 0 aliphatic carbocycles. The summed E-state index contributed by atoms with van der Waals surface area (Å²) in [6, 6.07) is 5.89. The van der Waals surface area contributed by atoms with E-state index in [2.05, 4.69) is 5.32 Å². The van der Waals surface area contributed by atoms with E-state index in [0.717, 1.165) is 24.2 Å². The van der Waals surface area contributed by atoms with E-state index in [1.54, 1.807) is 0 Å². The van der Waals surface area contributed by atoms with E-state index in [9.17, 15) is 9.59 Å². The summed E-state index contributed by atoms with van der Waals surface area (Å²) in [6.07, 6.45) is 0.862. The van der Waals surface area contributed by atoms with E-state index in [1.807, 2.05) is 43.9 Å². The second-order valence-corrected chi connectivity index (χ2v) is 5.83. The molecule has 0 saturated heterocycles. The lowest BCUT2D eigenvalue weighted by Crippen LogP contribution is -2.38. The van der Waals surface area contributed by atoms with Crippen LogP contribution < -0.4 is 5.32 Å². The van der Waals surface area contributed by atoms with E-state index in [1.165, 1.54) is 5.56 Å². The minimum Gasteiger partial charge on any atom is -0.372 e. The van der Waals surface area contributed by atoms with E-state index < -0.39 is 0 Å². The van der Waals surface area contributed by atoms with Crippen LogP contribution in [0.2, 0.25) is 0 Å².